The molecule has 3 nitrogen and oxygen atoms in total. The highest BCUT2D eigenvalue weighted by atomic mass is 32.2. The summed E-state index contributed by atoms with van der Waals surface area (Å²) in [6.07, 6.45) is 0.555. The van der Waals surface area contributed by atoms with E-state index in [2.05, 4.69) is 24.2 Å². The van der Waals surface area contributed by atoms with Gasteiger partial charge in [0.25, 0.3) is 0 Å². The van der Waals surface area contributed by atoms with Crippen LogP contribution in [0.25, 0.3) is 0 Å². The number of aryl methyl sites for hydroxylation is 2. The highest BCUT2D eigenvalue weighted by molar-refractivity contribution is 7.98. The number of rotatable bonds is 5. The second-order valence-electron chi connectivity index (χ2n) is 4.64. The van der Waals surface area contributed by atoms with Gasteiger partial charge in [-0.1, -0.05) is 19.1 Å². The van der Waals surface area contributed by atoms with Gasteiger partial charge in [-0.05, 0) is 37.1 Å². The van der Waals surface area contributed by atoms with E-state index in [1.54, 1.807) is 18.7 Å². The zero-order valence-electron chi connectivity index (χ0n) is 11.6. The van der Waals surface area contributed by atoms with E-state index in [-0.39, 0.29) is 0 Å². The molecule has 2 rings (SSSR count). The summed E-state index contributed by atoms with van der Waals surface area (Å²) in [7, 11) is 1.99. The van der Waals surface area contributed by atoms with E-state index >= 15 is 0 Å². The molecule has 1 heterocycles. The van der Waals surface area contributed by atoms with Crippen LogP contribution in [0.1, 0.15) is 36.9 Å². The first kappa shape index (κ1) is 14.2. The van der Waals surface area contributed by atoms with Gasteiger partial charge >= 0.3 is 0 Å². The van der Waals surface area contributed by atoms with Gasteiger partial charge in [0, 0.05) is 23.4 Å². The van der Waals surface area contributed by atoms with Crippen molar-refractivity contribution in [2.75, 3.05) is 0 Å². The predicted molar refractivity (Wildman–Crippen MR) is 79.2 cm³/mol. The van der Waals surface area contributed by atoms with E-state index in [1.807, 2.05) is 29.9 Å². The minimum absolute atomic E-state index is 0.413. The molecule has 0 aliphatic rings. The monoisotopic (exact) mass is 276 g/mol. The highest BCUT2D eigenvalue weighted by Crippen LogP contribution is 2.25. The van der Waals surface area contributed by atoms with E-state index in [0.717, 1.165) is 23.4 Å². The van der Waals surface area contributed by atoms with Crippen LogP contribution >= 0.6 is 11.8 Å². The molecule has 1 aromatic carbocycles. The number of aliphatic hydroxyl groups is 1. The molecule has 4 heteroatoms. The van der Waals surface area contributed by atoms with Crippen molar-refractivity contribution in [2.24, 2.45) is 7.05 Å². The number of benzene rings is 1. The number of aromatic nitrogens is 2. The molecule has 0 aliphatic heterocycles. The van der Waals surface area contributed by atoms with Crippen LogP contribution in [0, 0.1) is 0 Å². The first-order chi connectivity index (χ1) is 9.10. The Morgan fingerprint density at radius 1 is 1.37 bits per heavy atom. The zero-order chi connectivity index (χ0) is 13.8. The van der Waals surface area contributed by atoms with E-state index < -0.39 is 6.10 Å². The SMILES string of the molecule is CCc1cc(CSc2cccc(C(C)O)c2)n(C)n1. The van der Waals surface area contributed by atoms with Gasteiger partial charge in [0.05, 0.1) is 11.8 Å². The maximum atomic E-state index is 9.59. The maximum absolute atomic E-state index is 9.59. The van der Waals surface area contributed by atoms with Gasteiger partial charge in [0.1, 0.15) is 0 Å². The van der Waals surface area contributed by atoms with Crippen molar-refractivity contribution in [1.82, 2.24) is 9.78 Å². The minimum atomic E-state index is -0.413. The van der Waals surface area contributed by atoms with Gasteiger partial charge in [0.15, 0.2) is 0 Å². The molecule has 0 fully saturated rings. The van der Waals surface area contributed by atoms with Crippen LogP contribution in [0.3, 0.4) is 0 Å². The van der Waals surface area contributed by atoms with Crippen molar-refractivity contribution in [2.45, 2.75) is 37.0 Å². The van der Waals surface area contributed by atoms with Gasteiger partial charge < -0.3 is 5.11 Å². The molecular formula is C15H20N2OS. The van der Waals surface area contributed by atoms with Crippen LogP contribution in [-0.4, -0.2) is 14.9 Å². The fourth-order valence-corrected chi connectivity index (χ4v) is 2.88. The summed E-state index contributed by atoms with van der Waals surface area (Å²) in [4.78, 5) is 1.18. The lowest BCUT2D eigenvalue weighted by Gasteiger charge is -2.07. The van der Waals surface area contributed by atoms with E-state index in [0.29, 0.717) is 0 Å². The van der Waals surface area contributed by atoms with Crippen molar-refractivity contribution < 1.29 is 5.11 Å². The van der Waals surface area contributed by atoms with E-state index in [4.69, 9.17) is 0 Å². The molecule has 102 valence electrons. The molecular weight excluding hydrogens is 256 g/mol. The summed E-state index contributed by atoms with van der Waals surface area (Å²) in [5, 5.41) is 14.0. The molecule has 1 atom stereocenters. The third-order valence-electron chi connectivity index (χ3n) is 3.12. The molecule has 0 bridgehead atoms. The van der Waals surface area contributed by atoms with Crippen LogP contribution < -0.4 is 0 Å². The smallest absolute Gasteiger partial charge is 0.0762 e. The predicted octanol–water partition coefficient (Wildman–Crippen LogP) is 3.33. The van der Waals surface area contributed by atoms with Crippen molar-refractivity contribution in [3.63, 3.8) is 0 Å². The summed E-state index contributed by atoms with van der Waals surface area (Å²) in [5.74, 6) is 0.896. The number of thioether (sulfide) groups is 1. The average molecular weight is 276 g/mol. The third kappa shape index (κ3) is 3.61. The lowest BCUT2D eigenvalue weighted by Crippen LogP contribution is -1.96. The van der Waals surface area contributed by atoms with Gasteiger partial charge in [-0.3, -0.25) is 4.68 Å². The molecule has 0 spiro atoms. The summed E-state index contributed by atoms with van der Waals surface area (Å²) in [5.41, 5.74) is 3.32. The molecule has 1 aromatic heterocycles. The maximum Gasteiger partial charge on any atom is 0.0762 e. The summed E-state index contributed by atoms with van der Waals surface area (Å²) in [6.45, 7) is 3.91. The second-order valence-corrected chi connectivity index (χ2v) is 5.69. The van der Waals surface area contributed by atoms with Crippen molar-refractivity contribution >= 4 is 11.8 Å². The second kappa shape index (κ2) is 6.26. The average Bonchev–Trinajstić information content (AvgIpc) is 2.77. The highest BCUT2D eigenvalue weighted by Gasteiger charge is 2.06. The fraction of sp³-hybridized carbons (Fsp3) is 0.400. The topological polar surface area (TPSA) is 38.0 Å². The molecule has 0 amide bonds. The van der Waals surface area contributed by atoms with Crippen molar-refractivity contribution in [3.8, 4) is 0 Å². The van der Waals surface area contributed by atoms with Crippen molar-refractivity contribution in [1.29, 1.82) is 0 Å². The van der Waals surface area contributed by atoms with Crippen LogP contribution in [0.4, 0.5) is 0 Å². The van der Waals surface area contributed by atoms with Gasteiger partial charge in [-0.15, -0.1) is 11.8 Å². The molecule has 0 radical (unpaired) electrons. The summed E-state index contributed by atoms with van der Waals surface area (Å²) >= 11 is 1.77. The Hall–Kier alpha value is -1.26. The number of hydrogen-bond acceptors (Lipinski definition) is 3. The third-order valence-corrected chi connectivity index (χ3v) is 4.14. The number of aliphatic hydroxyl groups excluding tert-OH is 1. The number of nitrogens with zero attached hydrogens (tertiary/aromatic N) is 2. The Morgan fingerprint density at radius 2 is 2.16 bits per heavy atom. The quantitative estimate of drug-likeness (QED) is 0.851. The molecule has 0 saturated carbocycles. The van der Waals surface area contributed by atoms with Crippen LogP contribution in [0.5, 0.6) is 0 Å². The molecule has 0 saturated heterocycles. The Morgan fingerprint density at radius 3 is 2.79 bits per heavy atom. The lowest BCUT2D eigenvalue weighted by atomic mass is 10.1. The zero-order valence-corrected chi connectivity index (χ0v) is 12.4. The Bertz CT molecular complexity index is 549. The van der Waals surface area contributed by atoms with Crippen LogP contribution in [-0.2, 0) is 19.2 Å². The molecule has 0 aliphatic carbocycles. The number of hydrogen-bond donors (Lipinski definition) is 1. The Kier molecular flexibility index (Phi) is 4.66. The Balaban J connectivity index is 2.05. The molecule has 2 aromatic rings. The summed E-state index contributed by atoms with van der Waals surface area (Å²) in [6, 6.07) is 10.2. The molecule has 19 heavy (non-hydrogen) atoms. The standard InChI is InChI=1S/C15H20N2OS/c1-4-13-9-14(17(3)16-13)10-19-15-7-5-6-12(8-15)11(2)18/h5-9,11,18H,4,10H2,1-3H3. The fourth-order valence-electron chi connectivity index (χ4n) is 1.90. The normalized spacial score (nSPS) is 12.6. The first-order valence-corrected chi connectivity index (χ1v) is 7.51. The minimum Gasteiger partial charge on any atom is -0.389 e. The van der Waals surface area contributed by atoms with Gasteiger partial charge in [-0.2, -0.15) is 5.10 Å². The van der Waals surface area contributed by atoms with Crippen molar-refractivity contribution in [3.05, 3.63) is 47.3 Å². The van der Waals surface area contributed by atoms with Gasteiger partial charge in [0.2, 0.25) is 0 Å². The largest absolute Gasteiger partial charge is 0.389 e. The van der Waals surface area contributed by atoms with Gasteiger partial charge in [-0.25, -0.2) is 0 Å². The lowest BCUT2D eigenvalue weighted by molar-refractivity contribution is 0.199. The van der Waals surface area contributed by atoms with E-state index in [9.17, 15) is 5.11 Å². The Labute approximate surface area is 118 Å². The van der Waals surface area contributed by atoms with Crippen LogP contribution in [0.2, 0.25) is 0 Å². The molecule has 1 unspecified atom stereocenters. The first-order valence-electron chi connectivity index (χ1n) is 6.52. The summed E-state index contributed by atoms with van der Waals surface area (Å²) < 4.78 is 1.95. The van der Waals surface area contributed by atoms with E-state index in [1.165, 1.54) is 10.6 Å². The molecule has 1 N–H and O–H groups in total. The van der Waals surface area contributed by atoms with Crippen LogP contribution in [0.15, 0.2) is 35.2 Å².